The third-order valence-electron chi connectivity index (χ3n) is 5.16. The van der Waals surface area contributed by atoms with E-state index in [1.165, 1.54) is 51.1 Å². The summed E-state index contributed by atoms with van der Waals surface area (Å²) in [6.07, 6.45) is 1.30. The Labute approximate surface area is 132 Å². The van der Waals surface area contributed by atoms with Gasteiger partial charge in [-0.3, -0.25) is 9.80 Å². The van der Waals surface area contributed by atoms with E-state index < -0.39 is 0 Å². The van der Waals surface area contributed by atoms with Gasteiger partial charge in [-0.15, -0.1) is 0 Å². The van der Waals surface area contributed by atoms with Gasteiger partial charge < -0.3 is 9.32 Å². The van der Waals surface area contributed by atoms with Gasteiger partial charge >= 0.3 is 0 Å². The number of para-hydroxylation sites is 1. The molecular weight excluding hydrogens is 274 g/mol. The molecular formula is C18H25N3O. The Morgan fingerprint density at radius 2 is 1.91 bits per heavy atom. The lowest BCUT2D eigenvalue weighted by molar-refractivity contribution is 0.112. The molecule has 2 aliphatic heterocycles. The van der Waals surface area contributed by atoms with E-state index in [0.717, 1.165) is 23.9 Å². The Morgan fingerprint density at radius 1 is 1.09 bits per heavy atom. The number of hydrogen-bond donors (Lipinski definition) is 0. The van der Waals surface area contributed by atoms with E-state index in [0.29, 0.717) is 0 Å². The van der Waals surface area contributed by atoms with Crippen molar-refractivity contribution in [2.24, 2.45) is 0 Å². The van der Waals surface area contributed by atoms with Gasteiger partial charge in [0.1, 0.15) is 11.3 Å². The molecule has 1 aromatic carbocycles. The van der Waals surface area contributed by atoms with Gasteiger partial charge in [-0.05, 0) is 25.6 Å². The maximum absolute atomic E-state index is 5.96. The van der Waals surface area contributed by atoms with Crippen LogP contribution in [-0.4, -0.2) is 67.1 Å². The van der Waals surface area contributed by atoms with Gasteiger partial charge in [0.25, 0.3) is 0 Å². The Balaban J connectivity index is 1.36. The predicted octanol–water partition coefficient (Wildman–Crippen LogP) is 2.25. The van der Waals surface area contributed by atoms with E-state index in [4.69, 9.17) is 4.42 Å². The minimum Gasteiger partial charge on any atom is -0.460 e. The largest absolute Gasteiger partial charge is 0.460 e. The zero-order valence-electron chi connectivity index (χ0n) is 13.4. The molecule has 22 heavy (non-hydrogen) atoms. The average molecular weight is 299 g/mol. The number of rotatable bonds is 3. The number of likely N-dealkylation sites (tertiary alicyclic amines) is 1. The van der Waals surface area contributed by atoms with Crippen LogP contribution in [0.4, 0.5) is 0 Å². The molecule has 118 valence electrons. The van der Waals surface area contributed by atoms with Crippen molar-refractivity contribution in [3.63, 3.8) is 0 Å². The molecule has 1 atom stereocenters. The highest BCUT2D eigenvalue weighted by molar-refractivity contribution is 5.77. The van der Waals surface area contributed by atoms with Crippen molar-refractivity contribution in [1.29, 1.82) is 0 Å². The predicted molar refractivity (Wildman–Crippen MR) is 89.0 cm³/mol. The van der Waals surface area contributed by atoms with Gasteiger partial charge in [0.05, 0.1) is 6.54 Å². The van der Waals surface area contributed by atoms with Gasteiger partial charge in [0, 0.05) is 50.7 Å². The Bertz CT molecular complexity index is 597. The summed E-state index contributed by atoms with van der Waals surface area (Å²) in [7, 11) is 2.22. The molecule has 0 bridgehead atoms. The van der Waals surface area contributed by atoms with Gasteiger partial charge in [-0.25, -0.2) is 0 Å². The highest BCUT2D eigenvalue weighted by atomic mass is 16.3. The van der Waals surface area contributed by atoms with Gasteiger partial charge in [0.2, 0.25) is 0 Å². The Kier molecular flexibility index (Phi) is 3.90. The number of benzene rings is 1. The summed E-state index contributed by atoms with van der Waals surface area (Å²) in [5.41, 5.74) is 1.01. The van der Waals surface area contributed by atoms with Crippen LogP contribution in [0.5, 0.6) is 0 Å². The van der Waals surface area contributed by atoms with E-state index in [1.807, 2.05) is 6.07 Å². The van der Waals surface area contributed by atoms with E-state index in [9.17, 15) is 0 Å². The van der Waals surface area contributed by atoms with Crippen LogP contribution in [0.2, 0.25) is 0 Å². The zero-order chi connectivity index (χ0) is 14.9. The summed E-state index contributed by atoms with van der Waals surface area (Å²) in [5.74, 6) is 1.10. The summed E-state index contributed by atoms with van der Waals surface area (Å²) in [5, 5.41) is 1.22. The normalized spacial score (nSPS) is 25.2. The Morgan fingerprint density at radius 3 is 2.73 bits per heavy atom. The molecule has 0 radical (unpaired) electrons. The minimum absolute atomic E-state index is 0.734. The fourth-order valence-corrected chi connectivity index (χ4v) is 3.78. The number of furan rings is 1. The van der Waals surface area contributed by atoms with E-state index in [1.54, 1.807) is 0 Å². The van der Waals surface area contributed by atoms with Crippen molar-refractivity contribution in [3.8, 4) is 0 Å². The van der Waals surface area contributed by atoms with Gasteiger partial charge in [-0.2, -0.15) is 0 Å². The first-order chi connectivity index (χ1) is 10.8. The van der Waals surface area contributed by atoms with Crippen LogP contribution in [0.15, 0.2) is 34.7 Å². The van der Waals surface area contributed by atoms with Crippen LogP contribution in [0.1, 0.15) is 12.2 Å². The number of hydrogen-bond acceptors (Lipinski definition) is 4. The van der Waals surface area contributed by atoms with Crippen molar-refractivity contribution >= 4 is 11.0 Å². The lowest BCUT2D eigenvalue weighted by Crippen LogP contribution is -2.49. The quantitative estimate of drug-likeness (QED) is 0.867. The second-order valence-electron chi connectivity index (χ2n) is 6.77. The van der Waals surface area contributed by atoms with Crippen LogP contribution < -0.4 is 0 Å². The number of piperazine rings is 1. The Hall–Kier alpha value is -1.36. The van der Waals surface area contributed by atoms with Crippen molar-refractivity contribution in [2.45, 2.75) is 19.0 Å². The van der Waals surface area contributed by atoms with Crippen molar-refractivity contribution in [1.82, 2.24) is 14.7 Å². The molecule has 3 heterocycles. The number of nitrogens with zero attached hydrogens (tertiary/aromatic N) is 3. The average Bonchev–Trinajstić information content (AvgIpc) is 3.14. The zero-order valence-corrected chi connectivity index (χ0v) is 13.4. The van der Waals surface area contributed by atoms with Gasteiger partial charge in [-0.1, -0.05) is 18.2 Å². The van der Waals surface area contributed by atoms with Crippen LogP contribution in [0.3, 0.4) is 0 Å². The molecule has 0 unspecified atom stereocenters. The van der Waals surface area contributed by atoms with Crippen molar-refractivity contribution < 1.29 is 4.42 Å². The van der Waals surface area contributed by atoms with E-state index in [2.05, 4.69) is 46.0 Å². The molecule has 1 aromatic heterocycles. The lowest BCUT2D eigenvalue weighted by Gasteiger charge is -2.36. The lowest BCUT2D eigenvalue weighted by atomic mass is 10.2. The summed E-state index contributed by atoms with van der Waals surface area (Å²) >= 11 is 0. The molecule has 2 aromatic rings. The minimum atomic E-state index is 0.734. The second kappa shape index (κ2) is 6.03. The summed E-state index contributed by atoms with van der Waals surface area (Å²) in [6.45, 7) is 8.17. The molecule has 2 aliphatic rings. The monoisotopic (exact) mass is 299 g/mol. The standard InChI is InChI=1S/C18H25N3O/c1-19-8-10-21(11-9-19)16-6-7-20(13-16)14-17-12-15-4-2-3-5-18(15)22-17/h2-5,12,16H,6-11,13-14H2,1H3/t16-/m1/s1. The van der Waals surface area contributed by atoms with E-state index >= 15 is 0 Å². The molecule has 2 saturated heterocycles. The van der Waals surface area contributed by atoms with Crippen LogP contribution in [0, 0.1) is 0 Å². The highest BCUT2D eigenvalue weighted by Gasteiger charge is 2.29. The molecule has 0 amide bonds. The SMILES string of the molecule is CN1CCN([C@@H]2CCN(Cc3cc4ccccc4o3)C2)CC1. The van der Waals surface area contributed by atoms with Crippen LogP contribution >= 0.6 is 0 Å². The molecule has 0 spiro atoms. The molecule has 0 N–H and O–H groups in total. The van der Waals surface area contributed by atoms with E-state index in [-0.39, 0.29) is 0 Å². The highest BCUT2D eigenvalue weighted by Crippen LogP contribution is 2.23. The first-order valence-corrected chi connectivity index (χ1v) is 8.40. The smallest absolute Gasteiger partial charge is 0.134 e. The fourth-order valence-electron chi connectivity index (χ4n) is 3.78. The fraction of sp³-hybridized carbons (Fsp3) is 0.556. The topological polar surface area (TPSA) is 22.9 Å². The third-order valence-corrected chi connectivity index (χ3v) is 5.16. The molecule has 0 saturated carbocycles. The van der Waals surface area contributed by atoms with Crippen LogP contribution in [-0.2, 0) is 6.54 Å². The maximum atomic E-state index is 5.96. The molecule has 4 rings (SSSR count). The number of likely N-dealkylation sites (N-methyl/N-ethyl adjacent to an activating group) is 1. The van der Waals surface area contributed by atoms with Crippen LogP contribution in [0.25, 0.3) is 11.0 Å². The van der Waals surface area contributed by atoms with Crippen molar-refractivity contribution in [2.75, 3.05) is 46.3 Å². The first kappa shape index (κ1) is 14.2. The molecule has 4 heteroatoms. The van der Waals surface area contributed by atoms with Gasteiger partial charge in [0.15, 0.2) is 0 Å². The summed E-state index contributed by atoms with van der Waals surface area (Å²) < 4.78 is 5.96. The number of fused-ring (bicyclic) bond motifs is 1. The summed E-state index contributed by atoms with van der Waals surface area (Å²) in [4.78, 5) is 7.65. The molecule has 2 fully saturated rings. The summed E-state index contributed by atoms with van der Waals surface area (Å²) in [6, 6.07) is 11.2. The molecule has 0 aliphatic carbocycles. The molecule has 4 nitrogen and oxygen atoms in total. The first-order valence-electron chi connectivity index (χ1n) is 8.40. The second-order valence-corrected chi connectivity index (χ2v) is 6.77. The maximum Gasteiger partial charge on any atom is 0.134 e. The third kappa shape index (κ3) is 2.91. The van der Waals surface area contributed by atoms with Crippen molar-refractivity contribution in [3.05, 3.63) is 36.1 Å².